The minimum absolute atomic E-state index is 0. The number of hydrogen-bond acceptors (Lipinski definition) is 11. The Morgan fingerprint density at radius 1 is 0.541 bits per heavy atom. The van der Waals surface area contributed by atoms with E-state index < -0.39 is 52.6 Å². The molecule has 10 rings (SSSR count). The molecule has 2 aliphatic carbocycles. The molecule has 0 radical (unpaired) electrons. The van der Waals surface area contributed by atoms with Crippen LogP contribution in [0.5, 0.6) is 0 Å². The lowest BCUT2D eigenvalue weighted by Crippen LogP contribution is -2.44. The number of halogens is 9. The van der Waals surface area contributed by atoms with Crippen LogP contribution in [-0.4, -0.2) is 99.3 Å². The molecule has 11 nitrogen and oxygen atoms in total. The second kappa shape index (κ2) is 29.9. The van der Waals surface area contributed by atoms with Crippen molar-refractivity contribution in [3.8, 4) is 0 Å². The molecule has 2 heterocycles. The molecule has 85 heavy (non-hydrogen) atoms. The summed E-state index contributed by atoms with van der Waals surface area (Å²) in [7, 11) is -10.9. The van der Waals surface area contributed by atoms with E-state index in [1.54, 1.807) is 48.5 Å². The molecule has 6 aromatic carbocycles. The summed E-state index contributed by atoms with van der Waals surface area (Å²) < 4.78 is 186. The van der Waals surface area contributed by atoms with Gasteiger partial charge < -0.3 is 20.0 Å². The van der Waals surface area contributed by atoms with Gasteiger partial charge in [-0.25, -0.2) is 38.8 Å². The van der Waals surface area contributed by atoms with Crippen LogP contribution in [0.1, 0.15) is 69.8 Å². The van der Waals surface area contributed by atoms with Crippen molar-refractivity contribution >= 4 is 64.9 Å². The van der Waals surface area contributed by atoms with Crippen LogP contribution in [0.2, 0.25) is 0 Å². The van der Waals surface area contributed by atoms with Gasteiger partial charge in [0.15, 0.2) is 19.7 Å². The van der Waals surface area contributed by atoms with E-state index in [0.717, 1.165) is 118 Å². The molecule has 4 unspecified atom stereocenters. The Balaban J connectivity index is 0.000000199. The zero-order valence-electron chi connectivity index (χ0n) is 46.9. The quantitative estimate of drug-likeness (QED) is 0.0419. The average molecular weight is 1270 g/mol. The van der Waals surface area contributed by atoms with Gasteiger partial charge in [-0.2, -0.15) is 21.6 Å². The molecule has 0 aromatic heterocycles. The first-order valence-electron chi connectivity index (χ1n) is 28.2. The fourth-order valence-electron chi connectivity index (χ4n) is 11.3. The third-order valence-electron chi connectivity index (χ3n) is 15.5. The monoisotopic (exact) mass is 1270 g/mol. The predicted molar refractivity (Wildman–Crippen MR) is 317 cm³/mol. The second-order valence-corrected chi connectivity index (χ2v) is 27.8. The summed E-state index contributed by atoms with van der Waals surface area (Å²) in [5, 5.41) is 2.24. The van der Waals surface area contributed by atoms with Gasteiger partial charge in [0.25, 0.3) is 10.1 Å². The first kappa shape index (κ1) is 66.9. The molecule has 1 N–H and O–H groups in total. The largest absolute Gasteiger partial charge is 0.416 e. The van der Waals surface area contributed by atoms with Gasteiger partial charge >= 0.3 is 6.18 Å². The van der Waals surface area contributed by atoms with Gasteiger partial charge in [0, 0.05) is 42.4 Å². The Morgan fingerprint density at radius 3 is 1.40 bits per heavy atom. The van der Waals surface area contributed by atoms with Gasteiger partial charge in [-0.15, -0.1) is 12.4 Å². The Kier molecular flexibility index (Phi) is 23.5. The van der Waals surface area contributed by atoms with Gasteiger partial charge in [0.1, 0.15) is 29.1 Å². The van der Waals surface area contributed by atoms with Crippen molar-refractivity contribution in [1.82, 2.24) is 10.2 Å². The summed E-state index contributed by atoms with van der Waals surface area (Å²) in [5.74, 6) is -1.68. The smallest absolute Gasteiger partial charge is 0.341 e. The lowest BCUT2D eigenvalue weighted by molar-refractivity contribution is -0.137. The number of sulfone groups is 2. The van der Waals surface area contributed by atoms with Crippen LogP contribution in [0, 0.1) is 52.8 Å². The molecule has 4 aliphatic rings. The summed E-state index contributed by atoms with van der Waals surface area (Å²) in [4.78, 5) is 5.95. The van der Waals surface area contributed by atoms with E-state index in [0.29, 0.717) is 39.0 Å². The topological polar surface area (TPSA) is 133 Å². The zero-order chi connectivity index (χ0) is 60.2. The van der Waals surface area contributed by atoms with Crippen molar-refractivity contribution < 1.29 is 64.6 Å². The number of alkyl halides is 3. The highest BCUT2D eigenvalue weighted by atomic mass is 35.5. The van der Waals surface area contributed by atoms with E-state index in [-0.39, 0.29) is 81.0 Å². The molecule has 23 heteroatoms. The maximum Gasteiger partial charge on any atom is 0.416 e. The van der Waals surface area contributed by atoms with Gasteiger partial charge in [-0.05, 0) is 248 Å². The number of nitrogens with one attached hydrogen (secondary N) is 1. The Labute approximate surface area is 500 Å². The average Bonchev–Trinajstić information content (AvgIpc) is 3.02. The van der Waals surface area contributed by atoms with E-state index in [1.165, 1.54) is 78.9 Å². The summed E-state index contributed by atoms with van der Waals surface area (Å²) in [5.41, 5.74) is 2.03. The van der Waals surface area contributed by atoms with Crippen LogP contribution >= 0.6 is 12.4 Å². The lowest BCUT2D eigenvalue weighted by Gasteiger charge is -2.37. The molecule has 4 atom stereocenters. The Morgan fingerprint density at radius 2 is 0.976 bits per heavy atom. The van der Waals surface area contributed by atoms with Crippen LogP contribution < -0.4 is 15.1 Å². The molecule has 2 saturated heterocycles. The van der Waals surface area contributed by atoms with E-state index >= 15 is 0 Å². The number of rotatable bonds is 21. The van der Waals surface area contributed by atoms with Crippen LogP contribution in [0.3, 0.4) is 0 Å². The molecule has 2 aliphatic heterocycles. The van der Waals surface area contributed by atoms with Crippen molar-refractivity contribution in [2.24, 2.45) is 23.7 Å². The summed E-state index contributed by atoms with van der Waals surface area (Å²) >= 11 is 0. The number of nitrogens with zero attached hydrogens (tertiary/aromatic N) is 3. The first-order chi connectivity index (χ1) is 40.0. The van der Waals surface area contributed by atoms with Crippen LogP contribution in [0.25, 0.3) is 0 Å². The maximum atomic E-state index is 13.7. The number of likely N-dealkylation sites (tertiary alicyclic amines) is 1. The highest BCUT2D eigenvalue weighted by Gasteiger charge is 2.48. The van der Waals surface area contributed by atoms with Crippen molar-refractivity contribution in [3.05, 3.63) is 180 Å². The molecule has 0 spiro atoms. The maximum absolute atomic E-state index is 13.7. The minimum Gasteiger partial charge on any atom is -0.341 e. The van der Waals surface area contributed by atoms with E-state index in [9.17, 15) is 60.4 Å². The molecule has 0 bridgehead atoms. The molecule has 2 saturated carbocycles. The van der Waals surface area contributed by atoms with Crippen molar-refractivity contribution in [1.29, 1.82) is 0 Å². The van der Waals surface area contributed by atoms with Crippen molar-refractivity contribution in [3.63, 3.8) is 0 Å². The van der Waals surface area contributed by atoms with E-state index in [2.05, 4.69) is 10.2 Å². The first-order valence-corrected chi connectivity index (χ1v) is 33.1. The highest BCUT2D eigenvalue weighted by molar-refractivity contribution is 7.92. The van der Waals surface area contributed by atoms with Crippen LogP contribution in [0.15, 0.2) is 155 Å². The molecular weight excluding hydrogens is 1200 g/mol. The molecular formula is C62H71ClF8N4O7S3. The third kappa shape index (κ3) is 19.2. The van der Waals surface area contributed by atoms with Crippen molar-refractivity contribution in [2.75, 3.05) is 68.5 Å². The predicted octanol–water partition coefficient (Wildman–Crippen LogP) is 13.7. The molecule has 0 amide bonds. The van der Waals surface area contributed by atoms with E-state index in [4.69, 9.17) is 4.18 Å². The van der Waals surface area contributed by atoms with Gasteiger partial charge in [-0.1, -0.05) is 12.1 Å². The summed E-state index contributed by atoms with van der Waals surface area (Å²) in [6, 6.07) is 33.5. The summed E-state index contributed by atoms with van der Waals surface area (Å²) in [6.07, 6.45) is 4.52. The van der Waals surface area contributed by atoms with Crippen LogP contribution in [0.4, 0.5) is 57.9 Å². The normalized spacial score (nSPS) is 18.3. The Hall–Kier alpha value is -5.62. The third-order valence-corrected chi connectivity index (χ3v) is 20.9. The number of benzene rings is 6. The standard InChI is InChI=1S/C31H33F5N2O2S.C16H17F2NO3S.C15H20FNO2S.ClH/c32-25-9-13-27(14-10-25)38(28-15-11-26(33)12-16-28)19-3-18-37-17-2-4-23(21-37)30(22-7-8-22)41(39,40)29-6-1-5-24(20-29)31(34,35)36;1-23(20,21)22-12-2-11-19(15-7-3-13(17)4-8-15)16-9-5-14(18)6-10-16;16-13-4-1-5-14(9-13)20(18,19)15(11-6-7-11)12-3-2-8-17-10-12;/h1,5-6,9-16,20,22-23,30H,2-4,7-8,17-19,21H2;3-10H,2,11-12H2,1H3;1,4-5,9,11-12,15,17H,2-3,6-8,10H2;1H. The fraction of sp³-hybridized carbons (Fsp3) is 0.419. The van der Waals surface area contributed by atoms with Gasteiger partial charge in [0.2, 0.25) is 0 Å². The molecule has 4 fully saturated rings. The minimum atomic E-state index is -4.61. The number of anilines is 4. The zero-order valence-corrected chi connectivity index (χ0v) is 50.2. The lowest BCUT2D eigenvalue weighted by atomic mass is 9.92. The van der Waals surface area contributed by atoms with Crippen molar-refractivity contribution in [2.45, 2.75) is 90.7 Å². The van der Waals surface area contributed by atoms with Gasteiger partial charge in [0.05, 0.1) is 38.7 Å². The summed E-state index contributed by atoms with van der Waals surface area (Å²) in [6.45, 7) is 4.84. The van der Waals surface area contributed by atoms with Crippen LogP contribution in [-0.2, 0) is 40.2 Å². The highest BCUT2D eigenvalue weighted by Crippen LogP contribution is 2.46. The molecule has 462 valence electrons. The second-order valence-electron chi connectivity index (χ2n) is 21.9. The van der Waals surface area contributed by atoms with E-state index in [1.807, 2.05) is 9.80 Å². The SMILES string of the molecule is CS(=O)(=O)OCCCN(c1ccc(F)cc1)c1ccc(F)cc1.Cl.O=S(=O)(c1cccc(C(F)(F)F)c1)C(C1CC1)C1CCCN(CCCN(c2ccc(F)cc2)c2ccc(F)cc2)C1.O=S(=O)(c1cccc(F)c1)C(C1CC1)C1CCCNC1. The van der Waals surface area contributed by atoms with Gasteiger partial charge in [-0.3, -0.25) is 4.18 Å². The number of hydrogen-bond donors (Lipinski definition) is 1. The molecule has 6 aromatic rings. The Bertz CT molecular complexity index is 3340. The number of piperidine rings is 2. The fourth-order valence-corrected chi connectivity index (χ4v) is 16.5.